The topological polar surface area (TPSA) is 59.1 Å². The van der Waals surface area contributed by atoms with Gasteiger partial charge >= 0.3 is 0 Å². The van der Waals surface area contributed by atoms with Gasteiger partial charge in [-0.1, -0.05) is 47.5 Å². The number of nitrogens with zero attached hydrogens (tertiary/aromatic N) is 1. The molecular formula is C23H20N2O2S. The average Bonchev–Trinajstić information content (AvgIpc) is 2.69. The Kier molecular flexibility index (Phi) is 4.61. The summed E-state index contributed by atoms with van der Waals surface area (Å²) in [6.45, 7) is 3.91. The molecule has 140 valence electrons. The third-order valence-electron chi connectivity index (χ3n) is 4.65. The summed E-state index contributed by atoms with van der Waals surface area (Å²) in [4.78, 5) is 4.83. The van der Waals surface area contributed by atoms with Crippen molar-refractivity contribution in [2.24, 2.45) is 0 Å². The average molecular weight is 388 g/mol. The number of pyridine rings is 1. The molecule has 0 aliphatic rings. The molecule has 0 radical (unpaired) electrons. The zero-order chi connectivity index (χ0) is 19.7. The highest BCUT2D eigenvalue weighted by molar-refractivity contribution is 7.91. The van der Waals surface area contributed by atoms with Crippen LogP contribution >= 0.6 is 0 Å². The van der Waals surface area contributed by atoms with Gasteiger partial charge in [0, 0.05) is 17.3 Å². The van der Waals surface area contributed by atoms with Crippen LogP contribution in [0, 0.1) is 13.8 Å². The minimum atomic E-state index is -3.74. The van der Waals surface area contributed by atoms with Crippen molar-refractivity contribution >= 4 is 32.1 Å². The fourth-order valence-corrected chi connectivity index (χ4v) is 4.50. The van der Waals surface area contributed by atoms with Crippen LogP contribution in [0.3, 0.4) is 0 Å². The molecule has 28 heavy (non-hydrogen) atoms. The molecule has 1 heterocycles. The Morgan fingerprint density at radius 1 is 0.821 bits per heavy atom. The summed E-state index contributed by atoms with van der Waals surface area (Å²) in [6.07, 6.45) is 1.44. The lowest BCUT2D eigenvalue weighted by atomic mass is 10.1. The van der Waals surface area contributed by atoms with E-state index in [0.717, 1.165) is 27.7 Å². The number of hydrogen-bond acceptors (Lipinski definition) is 4. The number of hydrogen-bond donors (Lipinski definition) is 1. The van der Waals surface area contributed by atoms with Crippen molar-refractivity contribution in [1.29, 1.82) is 0 Å². The van der Waals surface area contributed by atoms with Gasteiger partial charge in [0.05, 0.1) is 16.1 Å². The number of rotatable bonds is 4. The van der Waals surface area contributed by atoms with Crippen LogP contribution in [0.2, 0.25) is 0 Å². The molecule has 0 unspecified atom stereocenters. The lowest BCUT2D eigenvalue weighted by molar-refractivity contribution is 0.596. The van der Waals surface area contributed by atoms with Gasteiger partial charge in [-0.3, -0.25) is 4.98 Å². The van der Waals surface area contributed by atoms with Crippen LogP contribution < -0.4 is 5.32 Å². The van der Waals surface area contributed by atoms with Gasteiger partial charge in [-0.2, -0.15) is 0 Å². The minimum Gasteiger partial charge on any atom is -0.354 e. The molecule has 0 saturated heterocycles. The number of aromatic nitrogens is 1. The van der Waals surface area contributed by atoms with Gasteiger partial charge in [-0.15, -0.1) is 0 Å². The Bertz CT molecular complexity index is 1250. The van der Waals surface area contributed by atoms with Gasteiger partial charge < -0.3 is 5.32 Å². The van der Waals surface area contributed by atoms with Crippen LogP contribution in [0.15, 0.2) is 88.8 Å². The van der Waals surface area contributed by atoms with Crippen molar-refractivity contribution in [3.8, 4) is 0 Å². The van der Waals surface area contributed by atoms with E-state index in [1.165, 1.54) is 6.20 Å². The molecule has 0 aliphatic carbocycles. The highest BCUT2D eigenvalue weighted by Gasteiger charge is 2.24. The molecule has 1 aromatic heterocycles. The number of aryl methyl sites for hydroxylation is 2. The Morgan fingerprint density at radius 2 is 1.50 bits per heavy atom. The van der Waals surface area contributed by atoms with Gasteiger partial charge in [-0.05, 0) is 50.2 Å². The molecule has 0 spiro atoms. The van der Waals surface area contributed by atoms with Crippen molar-refractivity contribution in [3.05, 3.63) is 90.1 Å². The third kappa shape index (κ3) is 3.37. The predicted octanol–water partition coefficient (Wildman–Crippen LogP) is 5.43. The molecule has 0 bridgehead atoms. The maximum Gasteiger partial charge on any atom is 0.210 e. The second-order valence-electron chi connectivity index (χ2n) is 6.83. The maximum atomic E-state index is 13.4. The summed E-state index contributed by atoms with van der Waals surface area (Å²) < 4.78 is 26.8. The quantitative estimate of drug-likeness (QED) is 0.506. The SMILES string of the molecule is Cc1ccc(S(=O)(=O)c2cnc3ccc(C)cc3c2Nc2ccccc2)cc1. The summed E-state index contributed by atoms with van der Waals surface area (Å²) in [5.41, 5.74) is 4.15. The highest BCUT2D eigenvalue weighted by Crippen LogP contribution is 2.35. The van der Waals surface area contributed by atoms with Crippen LogP contribution in [-0.4, -0.2) is 13.4 Å². The summed E-state index contributed by atoms with van der Waals surface area (Å²) in [7, 11) is -3.74. The predicted molar refractivity (Wildman–Crippen MR) is 113 cm³/mol. The number of benzene rings is 3. The standard InChI is InChI=1S/C23H20N2O2S/c1-16-8-11-19(12-9-16)28(26,27)22-15-24-21-13-10-17(2)14-20(21)23(22)25-18-6-4-3-5-7-18/h3-15H,1-2H3,(H,24,25). The lowest BCUT2D eigenvalue weighted by Gasteiger charge is -2.16. The van der Waals surface area contributed by atoms with E-state index in [4.69, 9.17) is 0 Å². The zero-order valence-electron chi connectivity index (χ0n) is 15.7. The summed E-state index contributed by atoms with van der Waals surface area (Å²) in [5.74, 6) is 0. The first-order valence-corrected chi connectivity index (χ1v) is 10.5. The van der Waals surface area contributed by atoms with Crippen molar-refractivity contribution in [2.75, 3.05) is 5.32 Å². The van der Waals surface area contributed by atoms with Crippen LogP contribution in [0.25, 0.3) is 10.9 Å². The molecule has 4 aromatic rings. The summed E-state index contributed by atoms with van der Waals surface area (Å²) in [5, 5.41) is 4.09. The fourth-order valence-electron chi connectivity index (χ4n) is 3.13. The van der Waals surface area contributed by atoms with E-state index in [2.05, 4.69) is 10.3 Å². The number of anilines is 2. The normalized spacial score (nSPS) is 11.5. The molecule has 4 nitrogen and oxygen atoms in total. The first-order valence-electron chi connectivity index (χ1n) is 8.98. The molecule has 1 N–H and O–H groups in total. The van der Waals surface area contributed by atoms with E-state index in [-0.39, 0.29) is 9.79 Å². The molecule has 0 fully saturated rings. The Hall–Kier alpha value is -3.18. The maximum absolute atomic E-state index is 13.4. The zero-order valence-corrected chi connectivity index (χ0v) is 16.5. The first kappa shape index (κ1) is 18.2. The Balaban J connectivity index is 1.97. The van der Waals surface area contributed by atoms with E-state index in [1.807, 2.05) is 62.4 Å². The highest BCUT2D eigenvalue weighted by atomic mass is 32.2. The van der Waals surface area contributed by atoms with Crippen LogP contribution in [-0.2, 0) is 9.84 Å². The van der Waals surface area contributed by atoms with E-state index in [1.54, 1.807) is 24.3 Å². The van der Waals surface area contributed by atoms with Crippen molar-refractivity contribution < 1.29 is 8.42 Å². The third-order valence-corrected chi connectivity index (χ3v) is 6.43. The molecule has 0 saturated carbocycles. The smallest absolute Gasteiger partial charge is 0.210 e. The van der Waals surface area contributed by atoms with E-state index in [0.29, 0.717) is 5.69 Å². The van der Waals surface area contributed by atoms with Gasteiger partial charge in [0.15, 0.2) is 0 Å². The Labute approximate surface area is 164 Å². The molecule has 0 amide bonds. The second kappa shape index (κ2) is 7.09. The first-order chi connectivity index (χ1) is 13.4. The largest absolute Gasteiger partial charge is 0.354 e. The van der Waals surface area contributed by atoms with Gasteiger partial charge in [-0.25, -0.2) is 8.42 Å². The number of sulfone groups is 1. The number of para-hydroxylation sites is 1. The number of nitrogens with one attached hydrogen (secondary N) is 1. The van der Waals surface area contributed by atoms with E-state index < -0.39 is 9.84 Å². The fraction of sp³-hybridized carbons (Fsp3) is 0.0870. The minimum absolute atomic E-state index is 0.165. The van der Waals surface area contributed by atoms with Gasteiger partial charge in [0.1, 0.15) is 4.90 Å². The van der Waals surface area contributed by atoms with Crippen LogP contribution in [0.5, 0.6) is 0 Å². The van der Waals surface area contributed by atoms with Crippen molar-refractivity contribution in [3.63, 3.8) is 0 Å². The molecule has 4 rings (SSSR count). The number of fused-ring (bicyclic) bond motifs is 1. The molecule has 0 atom stereocenters. The molecule has 0 aliphatic heterocycles. The molecule has 5 heteroatoms. The summed E-state index contributed by atoms with van der Waals surface area (Å²) in [6, 6.07) is 22.3. The van der Waals surface area contributed by atoms with E-state index >= 15 is 0 Å². The van der Waals surface area contributed by atoms with Gasteiger partial charge in [0.2, 0.25) is 9.84 Å². The van der Waals surface area contributed by atoms with Crippen molar-refractivity contribution in [1.82, 2.24) is 4.98 Å². The molecule has 3 aromatic carbocycles. The lowest BCUT2D eigenvalue weighted by Crippen LogP contribution is -2.07. The van der Waals surface area contributed by atoms with Gasteiger partial charge in [0.25, 0.3) is 0 Å². The second-order valence-corrected chi connectivity index (χ2v) is 8.74. The summed E-state index contributed by atoms with van der Waals surface area (Å²) >= 11 is 0. The van der Waals surface area contributed by atoms with Crippen LogP contribution in [0.1, 0.15) is 11.1 Å². The molecular weight excluding hydrogens is 368 g/mol. The van der Waals surface area contributed by atoms with Crippen molar-refractivity contribution in [2.45, 2.75) is 23.6 Å². The van der Waals surface area contributed by atoms with E-state index in [9.17, 15) is 8.42 Å². The monoisotopic (exact) mass is 388 g/mol. The van der Waals surface area contributed by atoms with Crippen LogP contribution in [0.4, 0.5) is 11.4 Å². The Morgan fingerprint density at radius 3 is 2.21 bits per heavy atom.